The van der Waals surface area contributed by atoms with E-state index >= 15 is 0 Å². The third-order valence-corrected chi connectivity index (χ3v) is 3.97. The van der Waals surface area contributed by atoms with Crippen LogP contribution in [-0.2, 0) is 9.53 Å². The molecule has 19 heavy (non-hydrogen) atoms. The van der Waals surface area contributed by atoms with E-state index < -0.39 is 5.97 Å². The van der Waals surface area contributed by atoms with Crippen LogP contribution in [0.4, 0.5) is 4.79 Å². The van der Waals surface area contributed by atoms with Gasteiger partial charge in [-0.15, -0.1) is 0 Å². The van der Waals surface area contributed by atoms with E-state index in [4.69, 9.17) is 9.84 Å². The van der Waals surface area contributed by atoms with Crippen LogP contribution in [0.3, 0.4) is 0 Å². The van der Waals surface area contributed by atoms with Crippen molar-refractivity contribution in [3.05, 3.63) is 0 Å². The number of hydrogen-bond acceptors (Lipinski definition) is 3. The highest BCUT2D eigenvalue weighted by molar-refractivity contribution is 5.76. The maximum atomic E-state index is 12.3. The molecule has 0 saturated carbocycles. The minimum atomic E-state index is -0.786. The lowest BCUT2D eigenvalue weighted by Crippen LogP contribution is -2.60. The molecule has 0 spiro atoms. The number of ether oxygens (including phenoxy) is 1. The van der Waals surface area contributed by atoms with Gasteiger partial charge in [-0.05, 0) is 13.8 Å². The van der Waals surface area contributed by atoms with E-state index in [0.29, 0.717) is 26.2 Å². The highest BCUT2D eigenvalue weighted by Crippen LogP contribution is 2.26. The van der Waals surface area contributed by atoms with E-state index in [1.54, 1.807) is 16.7 Å². The van der Waals surface area contributed by atoms with Crippen LogP contribution in [0.2, 0.25) is 0 Å². The molecule has 2 heterocycles. The fourth-order valence-electron chi connectivity index (χ4n) is 2.72. The Hall–Kier alpha value is -1.30. The van der Waals surface area contributed by atoms with Gasteiger partial charge in [-0.25, -0.2) is 4.79 Å². The molecule has 108 valence electrons. The Morgan fingerprint density at radius 1 is 1.11 bits per heavy atom. The average Bonchev–Trinajstić information content (AvgIpc) is 2.25. The predicted octanol–water partition coefficient (Wildman–Crippen LogP) is 0.868. The first kappa shape index (κ1) is 14.1. The van der Waals surface area contributed by atoms with Crippen molar-refractivity contribution >= 4 is 12.0 Å². The molecule has 6 heteroatoms. The Labute approximate surface area is 113 Å². The van der Waals surface area contributed by atoms with Crippen LogP contribution >= 0.6 is 0 Å². The number of aliphatic carboxylic acids is 1. The van der Waals surface area contributed by atoms with Gasteiger partial charge in [0.1, 0.15) is 0 Å². The summed E-state index contributed by atoms with van der Waals surface area (Å²) in [6.45, 7) is 7.94. The van der Waals surface area contributed by atoms with Gasteiger partial charge in [0.15, 0.2) is 0 Å². The van der Waals surface area contributed by atoms with Gasteiger partial charge in [0.05, 0.1) is 18.1 Å². The molecule has 2 amide bonds. The molecule has 2 aliphatic heterocycles. The quantitative estimate of drug-likeness (QED) is 0.808. The molecule has 2 aliphatic rings. The lowest BCUT2D eigenvalue weighted by atomic mass is 9.87. The lowest BCUT2D eigenvalue weighted by molar-refractivity contribution is -0.145. The summed E-state index contributed by atoms with van der Waals surface area (Å²) in [5.41, 5.74) is 0. The molecule has 0 aliphatic carbocycles. The van der Waals surface area contributed by atoms with Gasteiger partial charge in [0.25, 0.3) is 0 Å². The van der Waals surface area contributed by atoms with E-state index in [-0.39, 0.29) is 30.1 Å². The summed E-state index contributed by atoms with van der Waals surface area (Å²) >= 11 is 0. The van der Waals surface area contributed by atoms with Crippen molar-refractivity contribution in [2.24, 2.45) is 11.8 Å². The van der Waals surface area contributed by atoms with Crippen LogP contribution in [0, 0.1) is 11.8 Å². The minimum absolute atomic E-state index is 0.0100. The van der Waals surface area contributed by atoms with Crippen LogP contribution in [0.25, 0.3) is 0 Å². The van der Waals surface area contributed by atoms with Gasteiger partial charge in [-0.3, -0.25) is 4.79 Å². The zero-order valence-electron chi connectivity index (χ0n) is 11.7. The van der Waals surface area contributed by atoms with Gasteiger partial charge in [0.2, 0.25) is 0 Å². The first-order valence-corrected chi connectivity index (χ1v) is 6.80. The van der Waals surface area contributed by atoms with Crippen molar-refractivity contribution in [2.75, 3.05) is 26.2 Å². The molecule has 0 radical (unpaired) electrons. The van der Waals surface area contributed by atoms with E-state index in [9.17, 15) is 9.59 Å². The lowest BCUT2D eigenvalue weighted by Gasteiger charge is -2.45. The smallest absolute Gasteiger partial charge is 0.320 e. The zero-order chi connectivity index (χ0) is 14.2. The maximum Gasteiger partial charge on any atom is 0.320 e. The van der Waals surface area contributed by atoms with Crippen LogP contribution in [0.1, 0.15) is 20.8 Å². The topological polar surface area (TPSA) is 70.1 Å². The fraction of sp³-hybridized carbons (Fsp3) is 0.846. The molecule has 2 fully saturated rings. The molecule has 3 unspecified atom stereocenters. The summed E-state index contributed by atoms with van der Waals surface area (Å²) in [4.78, 5) is 26.7. The van der Waals surface area contributed by atoms with E-state index in [0.717, 1.165) is 0 Å². The van der Waals surface area contributed by atoms with Crippen LogP contribution in [0.5, 0.6) is 0 Å². The molecule has 0 aromatic carbocycles. The number of likely N-dealkylation sites (tertiary alicyclic amines) is 1. The Morgan fingerprint density at radius 3 is 2.05 bits per heavy atom. The largest absolute Gasteiger partial charge is 0.481 e. The second kappa shape index (κ2) is 5.36. The Morgan fingerprint density at radius 2 is 1.58 bits per heavy atom. The Kier molecular flexibility index (Phi) is 3.99. The first-order valence-electron chi connectivity index (χ1n) is 6.80. The summed E-state index contributed by atoms with van der Waals surface area (Å²) in [6.07, 6.45) is 0.116. The highest BCUT2D eigenvalue weighted by atomic mass is 16.5. The number of carboxylic acids is 1. The summed E-state index contributed by atoms with van der Waals surface area (Å²) in [5.74, 6) is -1.09. The van der Waals surface area contributed by atoms with Gasteiger partial charge in [0, 0.05) is 32.1 Å². The third-order valence-electron chi connectivity index (χ3n) is 3.97. The molecule has 1 N–H and O–H groups in total. The van der Waals surface area contributed by atoms with Gasteiger partial charge in [-0.2, -0.15) is 0 Å². The van der Waals surface area contributed by atoms with Gasteiger partial charge >= 0.3 is 12.0 Å². The van der Waals surface area contributed by atoms with Crippen molar-refractivity contribution in [1.29, 1.82) is 0 Å². The summed E-state index contributed by atoms with van der Waals surface area (Å²) in [6, 6.07) is 0.0100. The van der Waals surface area contributed by atoms with Gasteiger partial charge < -0.3 is 19.6 Å². The Bertz CT molecular complexity index is 358. The zero-order valence-corrected chi connectivity index (χ0v) is 11.7. The molecular formula is C13H22N2O4. The predicted molar refractivity (Wildman–Crippen MR) is 68.8 cm³/mol. The van der Waals surface area contributed by atoms with E-state index in [2.05, 4.69) is 0 Å². The van der Waals surface area contributed by atoms with Crippen LogP contribution < -0.4 is 0 Å². The maximum absolute atomic E-state index is 12.3. The number of hydrogen-bond donors (Lipinski definition) is 1. The van der Waals surface area contributed by atoms with Crippen LogP contribution in [0.15, 0.2) is 0 Å². The fourth-order valence-corrected chi connectivity index (χ4v) is 2.72. The molecule has 6 nitrogen and oxygen atoms in total. The van der Waals surface area contributed by atoms with Crippen molar-refractivity contribution in [3.8, 4) is 0 Å². The highest BCUT2D eigenvalue weighted by Gasteiger charge is 2.39. The first-order chi connectivity index (χ1) is 8.88. The van der Waals surface area contributed by atoms with Crippen LogP contribution in [-0.4, -0.2) is 65.3 Å². The molecule has 2 rings (SSSR count). The number of carbonyl (C=O) groups excluding carboxylic acids is 1. The normalized spacial score (nSPS) is 29.8. The number of urea groups is 1. The number of nitrogens with zero attached hydrogens (tertiary/aromatic N) is 2. The second-order valence-corrected chi connectivity index (χ2v) is 5.74. The SMILES string of the molecule is CC1CN(C(=O)N2CC(C(C)C(=O)O)C2)CC(C)O1. The van der Waals surface area contributed by atoms with Gasteiger partial charge in [-0.1, -0.05) is 6.92 Å². The van der Waals surface area contributed by atoms with Crippen molar-refractivity contribution in [2.45, 2.75) is 33.0 Å². The third kappa shape index (κ3) is 3.00. The monoisotopic (exact) mass is 270 g/mol. The van der Waals surface area contributed by atoms with Crippen molar-refractivity contribution in [3.63, 3.8) is 0 Å². The summed E-state index contributed by atoms with van der Waals surface area (Å²) in [7, 11) is 0. The number of amides is 2. The number of morpholine rings is 1. The molecular weight excluding hydrogens is 248 g/mol. The Balaban J connectivity index is 1.84. The molecule has 0 bridgehead atoms. The minimum Gasteiger partial charge on any atom is -0.481 e. The number of carbonyl (C=O) groups is 2. The van der Waals surface area contributed by atoms with Crippen molar-refractivity contribution in [1.82, 2.24) is 9.80 Å². The summed E-state index contributed by atoms with van der Waals surface area (Å²) in [5, 5.41) is 8.93. The molecule has 0 aromatic rings. The number of rotatable bonds is 2. The average molecular weight is 270 g/mol. The molecule has 2 saturated heterocycles. The summed E-state index contributed by atoms with van der Waals surface area (Å²) < 4.78 is 5.60. The van der Waals surface area contributed by atoms with E-state index in [1.165, 1.54) is 0 Å². The molecule has 0 aromatic heterocycles. The molecule has 3 atom stereocenters. The van der Waals surface area contributed by atoms with E-state index in [1.807, 2.05) is 13.8 Å². The second-order valence-electron chi connectivity index (χ2n) is 5.74. The standard InChI is InChI=1S/C13H22N2O4/c1-8-4-14(5-9(2)19-8)13(18)15-6-11(7-15)10(3)12(16)17/h8-11H,4-7H2,1-3H3,(H,16,17). The number of carboxylic acid groups (broad SMARTS) is 1. The van der Waals surface area contributed by atoms with Crippen molar-refractivity contribution < 1.29 is 19.4 Å².